The molecule has 5 heteroatoms. The highest BCUT2D eigenvalue weighted by Crippen LogP contribution is 2.32. The second-order valence-electron chi connectivity index (χ2n) is 6.33. The number of hydrogen-bond donors (Lipinski definition) is 1. The first-order valence-corrected chi connectivity index (χ1v) is 7.97. The van der Waals surface area contributed by atoms with Crippen LogP contribution in [-0.4, -0.2) is 48.7 Å². The zero-order valence-corrected chi connectivity index (χ0v) is 13.1. The molecule has 2 unspecified atom stereocenters. The molecule has 0 aliphatic carbocycles. The van der Waals surface area contributed by atoms with Gasteiger partial charge in [0.25, 0.3) is 0 Å². The summed E-state index contributed by atoms with van der Waals surface area (Å²) in [5, 5.41) is 3.26. The van der Waals surface area contributed by atoms with Crippen LogP contribution >= 0.6 is 0 Å². The summed E-state index contributed by atoms with van der Waals surface area (Å²) in [5.41, 5.74) is 1.10. The fourth-order valence-electron chi connectivity index (χ4n) is 3.50. The zero-order chi connectivity index (χ0) is 15.7. The number of carbonyl (C=O) groups excluding carboxylic acids is 1. The normalized spacial score (nSPS) is 32.2. The van der Waals surface area contributed by atoms with Crippen LogP contribution in [0.15, 0.2) is 24.3 Å². The highest BCUT2D eigenvalue weighted by molar-refractivity contribution is 5.83. The number of hydrogen-bond acceptors (Lipinski definition) is 3. The van der Waals surface area contributed by atoms with E-state index < -0.39 is 0 Å². The molecule has 2 aliphatic heterocycles. The van der Waals surface area contributed by atoms with Crippen molar-refractivity contribution >= 4 is 5.91 Å². The van der Waals surface area contributed by atoms with Crippen molar-refractivity contribution in [3.05, 3.63) is 35.6 Å². The van der Waals surface area contributed by atoms with Gasteiger partial charge in [-0.3, -0.25) is 4.79 Å². The molecular weight excluding hydrogens is 283 g/mol. The second kappa shape index (κ2) is 6.34. The average molecular weight is 306 g/mol. The highest BCUT2D eigenvalue weighted by atomic mass is 19.1. The van der Waals surface area contributed by atoms with Crippen LogP contribution in [0.4, 0.5) is 4.39 Å². The second-order valence-corrected chi connectivity index (χ2v) is 6.33. The minimum atomic E-state index is -0.261. The minimum Gasteiger partial charge on any atom is -0.375 e. The number of halogens is 1. The van der Waals surface area contributed by atoms with Crippen LogP contribution < -0.4 is 5.32 Å². The predicted molar refractivity (Wildman–Crippen MR) is 82.1 cm³/mol. The molecule has 0 bridgehead atoms. The lowest BCUT2D eigenvalue weighted by Gasteiger charge is -2.33. The van der Waals surface area contributed by atoms with Gasteiger partial charge in [-0.15, -0.1) is 0 Å². The molecule has 2 heterocycles. The van der Waals surface area contributed by atoms with Gasteiger partial charge in [-0.05, 0) is 38.0 Å². The van der Waals surface area contributed by atoms with Crippen molar-refractivity contribution in [1.82, 2.24) is 10.2 Å². The van der Waals surface area contributed by atoms with Crippen LogP contribution in [-0.2, 0) is 9.53 Å². The zero-order valence-electron chi connectivity index (χ0n) is 13.1. The van der Waals surface area contributed by atoms with Crippen LogP contribution in [0, 0.1) is 5.82 Å². The Hall–Kier alpha value is -1.46. The van der Waals surface area contributed by atoms with Crippen molar-refractivity contribution in [2.75, 3.05) is 19.7 Å². The summed E-state index contributed by atoms with van der Waals surface area (Å²) in [6.45, 7) is 6.07. The van der Waals surface area contributed by atoms with Gasteiger partial charge in [-0.2, -0.15) is 0 Å². The Labute approximate surface area is 130 Å². The topological polar surface area (TPSA) is 41.6 Å². The molecule has 2 fully saturated rings. The smallest absolute Gasteiger partial charge is 0.242 e. The molecule has 120 valence electrons. The quantitative estimate of drug-likeness (QED) is 0.907. The maximum atomic E-state index is 13.1. The Morgan fingerprint density at radius 2 is 2.05 bits per heavy atom. The van der Waals surface area contributed by atoms with E-state index in [0.717, 1.165) is 12.0 Å². The Kier molecular flexibility index (Phi) is 4.45. The average Bonchev–Trinajstić information content (AvgIpc) is 2.90. The summed E-state index contributed by atoms with van der Waals surface area (Å²) >= 11 is 0. The number of benzene rings is 1. The fraction of sp³-hybridized carbons (Fsp3) is 0.588. The Morgan fingerprint density at radius 3 is 2.73 bits per heavy atom. The lowest BCUT2D eigenvalue weighted by atomic mass is 9.97. The molecule has 4 nitrogen and oxygen atoms in total. The summed E-state index contributed by atoms with van der Waals surface area (Å²) in [6, 6.07) is 6.56. The summed E-state index contributed by atoms with van der Waals surface area (Å²) in [4.78, 5) is 14.7. The number of amides is 1. The number of nitrogens with one attached hydrogen (secondary N) is 1. The van der Waals surface area contributed by atoms with Crippen molar-refractivity contribution in [2.24, 2.45) is 0 Å². The molecular formula is C17H23FN2O2. The van der Waals surface area contributed by atoms with Gasteiger partial charge < -0.3 is 15.0 Å². The number of nitrogens with zero attached hydrogens (tertiary/aromatic N) is 1. The maximum absolute atomic E-state index is 13.1. The Balaban J connectivity index is 1.70. The van der Waals surface area contributed by atoms with Crippen molar-refractivity contribution in [1.29, 1.82) is 0 Å². The third kappa shape index (κ3) is 3.01. The first-order valence-electron chi connectivity index (χ1n) is 7.97. The van der Waals surface area contributed by atoms with E-state index in [2.05, 4.69) is 12.2 Å². The fourth-order valence-corrected chi connectivity index (χ4v) is 3.50. The van der Waals surface area contributed by atoms with E-state index in [1.807, 2.05) is 24.0 Å². The number of carbonyl (C=O) groups is 1. The van der Waals surface area contributed by atoms with Gasteiger partial charge in [0.05, 0.1) is 12.7 Å². The summed E-state index contributed by atoms with van der Waals surface area (Å²) in [5.74, 6) is 0.170. The van der Waals surface area contributed by atoms with E-state index in [-0.39, 0.29) is 35.8 Å². The van der Waals surface area contributed by atoms with Gasteiger partial charge in [0.2, 0.25) is 5.91 Å². The highest BCUT2D eigenvalue weighted by Gasteiger charge is 2.39. The summed E-state index contributed by atoms with van der Waals surface area (Å²) < 4.78 is 18.6. The van der Waals surface area contributed by atoms with Crippen LogP contribution in [0.25, 0.3) is 0 Å². The first kappa shape index (κ1) is 15.4. The van der Waals surface area contributed by atoms with Gasteiger partial charge in [0, 0.05) is 25.0 Å². The van der Waals surface area contributed by atoms with Crippen LogP contribution in [0.5, 0.6) is 0 Å². The number of rotatable bonds is 2. The van der Waals surface area contributed by atoms with Crippen molar-refractivity contribution in [3.8, 4) is 0 Å². The van der Waals surface area contributed by atoms with E-state index in [0.29, 0.717) is 19.7 Å². The molecule has 1 amide bonds. The van der Waals surface area contributed by atoms with E-state index in [4.69, 9.17) is 4.74 Å². The molecule has 4 atom stereocenters. The molecule has 0 saturated carbocycles. The van der Waals surface area contributed by atoms with Gasteiger partial charge in [-0.1, -0.05) is 12.1 Å². The maximum Gasteiger partial charge on any atom is 0.242 e. The van der Waals surface area contributed by atoms with Crippen molar-refractivity contribution in [3.63, 3.8) is 0 Å². The molecule has 0 spiro atoms. The Bertz CT molecular complexity index is 534. The van der Waals surface area contributed by atoms with Gasteiger partial charge >= 0.3 is 0 Å². The Morgan fingerprint density at radius 1 is 1.32 bits per heavy atom. The monoisotopic (exact) mass is 306 g/mol. The summed E-state index contributed by atoms with van der Waals surface area (Å²) in [6.07, 6.45) is 0.817. The van der Waals surface area contributed by atoms with E-state index in [9.17, 15) is 9.18 Å². The van der Waals surface area contributed by atoms with Crippen LogP contribution in [0.3, 0.4) is 0 Å². The number of likely N-dealkylation sites (tertiary alicyclic amines) is 1. The lowest BCUT2D eigenvalue weighted by Crippen LogP contribution is -2.57. The van der Waals surface area contributed by atoms with Crippen molar-refractivity contribution < 1.29 is 13.9 Å². The molecule has 3 rings (SSSR count). The van der Waals surface area contributed by atoms with Gasteiger partial charge in [0.15, 0.2) is 0 Å². The number of ether oxygens (including phenoxy) is 1. The van der Waals surface area contributed by atoms with Gasteiger partial charge in [0.1, 0.15) is 11.9 Å². The van der Waals surface area contributed by atoms with Gasteiger partial charge in [-0.25, -0.2) is 4.39 Å². The van der Waals surface area contributed by atoms with Crippen LogP contribution in [0.1, 0.15) is 31.7 Å². The molecule has 1 aromatic carbocycles. The third-order valence-electron chi connectivity index (χ3n) is 4.78. The molecule has 0 radical (unpaired) electrons. The van der Waals surface area contributed by atoms with Crippen molar-refractivity contribution in [2.45, 2.75) is 44.4 Å². The third-order valence-corrected chi connectivity index (χ3v) is 4.78. The molecule has 0 aromatic heterocycles. The molecule has 1 N–H and O–H groups in total. The first-order chi connectivity index (χ1) is 10.6. The summed E-state index contributed by atoms with van der Waals surface area (Å²) in [7, 11) is 0. The predicted octanol–water partition coefficient (Wildman–Crippen LogP) is 1.91. The van der Waals surface area contributed by atoms with E-state index >= 15 is 0 Å². The number of morpholine rings is 1. The van der Waals surface area contributed by atoms with E-state index in [1.165, 1.54) is 12.1 Å². The molecule has 22 heavy (non-hydrogen) atoms. The standard InChI is InChI=1S/C17H23FN2O2/c1-11-9-14(13-3-5-15(18)6-4-13)10-20(11)17(21)16-12(2)22-8-7-19-16/h3-6,11-12,14,16,19H,7-10H2,1-2H3/t11?,12-,14?,16+/m1/s1. The molecule has 2 saturated heterocycles. The minimum absolute atomic E-state index is 0.0988. The largest absolute Gasteiger partial charge is 0.375 e. The SMILES string of the molecule is CC1CC(c2ccc(F)cc2)CN1C(=O)[C@H]1NCCO[C@@H]1C. The van der Waals surface area contributed by atoms with E-state index in [1.54, 1.807) is 0 Å². The molecule has 1 aromatic rings. The molecule has 2 aliphatic rings. The van der Waals surface area contributed by atoms with Crippen LogP contribution in [0.2, 0.25) is 0 Å². The lowest BCUT2D eigenvalue weighted by molar-refractivity contribution is -0.140.